The smallest absolute Gasteiger partial charge is 0.356 e. The number of aromatic carboxylic acids is 1. The van der Waals surface area contributed by atoms with Gasteiger partial charge in [-0.3, -0.25) is 0 Å². The zero-order chi connectivity index (χ0) is 10.0. The van der Waals surface area contributed by atoms with Crippen molar-refractivity contribution in [3.05, 3.63) is 17.7 Å². The van der Waals surface area contributed by atoms with Gasteiger partial charge in [0.2, 0.25) is 0 Å². The molecule has 5 heteroatoms. The van der Waals surface area contributed by atoms with Crippen LogP contribution in [0.25, 0.3) is 0 Å². The molecule has 1 aromatic heterocycles. The Bertz CT molecular complexity index is 319. The third-order valence-electron chi connectivity index (χ3n) is 2.10. The van der Waals surface area contributed by atoms with Gasteiger partial charge >= 0.3 is 5.97 Å². The van der Waals surface area contributed by atoms with Crippen LogP contribution < -0.4 is 5.84 Å². The van der Waals surface area contributed by atoms with Crippen molar-refractivity contribution in [2.75, 3.05) is 5.84 Å². The van der Waals surface area contributed by atoms with Gasteiger partial charge in [-0.25, -0.2) is 14.5 Å². The van der Waals surface area contributed by atoms with E-state index in [-0.39, 0.29) is 11.6 Å². The first-order valence-electron chi connectivity index (χ1n) is 4.14. The largest absolute Gasteiger partial charge is 0.476 e. The number of aromatic nitrogens is 2. The van der Waals surface area contributed by atoms with Gasteiger partial charge < -0.3 is 10.9 Å². The summed E-state index contributed by atoms with van der Waals surface area (Å²) in [5.74, 6) is 5.29. The Balaban J connectivity index is 3.06. The van der Waals surface area contributed by atoms with E-state index in [0.29, 0.717) is 5.82 Å². The lowest BCUT2D eigenvalue weighted by atomic mass is 10.1. The molecule has 0 radical (unpaired) electrons. The van der Waals surface area contributed by atoms with Crippen LogP contribution >= 0.6 is 0 Å². The monoisotopic (exact) mass is 183 g/mol. The molecule has 0 bridgehead atoms. The number of nitrogens with zero attached hydrogens (tertiary/aromatic N) is 2. The molecule has 3 N–H and O–H groups in total. The van der Waals surface area contributed by atoms with Gasteiger partial charge in [0.1, 0.15) is 5.82 Å². The molecule has 0 aliphatic carbocycles. The second-order valence-electron chi connectivity index (χ2n) is 2.99. The first-order chi connectivity index (χ1) is 6.07. The number of hydrogen-bond acceptors (Lipinski definition) is 3. The van der Waals surface area contributed by atoms with Crippen LogP contribution in [0.15, 0.2) is 6.20 Å². The Hall–Kier alpha value is -1.52. The molecule has 1 rings (SSSR count). The first kappa shape index (κ1) is 9.57. The van der Waals surface area contributed by atoms with Crippen LogP contribution in [-0.2, 0) is 0 Å². The number of nitrogens with two attached hydrogens (primary N) is 1. The van der Waals surface area contributed by atoms with Crippen molar-refractivity contribution in [1.82, 2.24) is 9.66 Å². The predicted octanol–water partition coefficient (Wildman–Crippen LogP) is 0.809. The molecule has 0 saturated heterocycles. The van der Waals surface area contributed by atoms with E-state index in [2.05, 4.69) is 4.98 Å². The molecule has 0 aliphatic heterocycles. The normalized spacial score (nSPS) is 12.8. The van der Waals surface area contributed by atoms with Crippen molar-refractivity contribution < 1.29 is 9.90 Å². The summed E-state index contributed by atoms with van der Waals surface area (Å²) in [6.45, 7) is 3.96. The number of carbonyl (C=O) groups is 1. The van der Waals surface area contributed by atoms with Crippen molar-refractivity contribution in [2.24, 2.45) is 0 Å². The molecule has 0 aliphatic rings. The van der Waals surface area contributed by atoms with Gasteiger partial charge in [-0.05, 0) is 6.42 Å². The Kier molecular flexibility index (Phi) is 2.55. The Morgan fingerprint density at radius 2 is 2.46 bits per heavy atom. The maximum absolute atomic E-state index is 10.6. The molecular weight excluding hydrogens is 170 g/mol. The van der Waals surface area contributed by atoms with Crippen LogP contribution in [0.3, 0.4) is 0 Å². The fourth-order valence-corrected chi connectivity index (χ4v) is 1.08. The lowest BCUT2D eigenvalue weighted by Crippen LogP contribution is -2.20. The molecule has 72 valence electrons. The highest BCUT2D eigenvalue weighted by molar-refractivity contribution is 5.85. The van der Waals surface area contributed by atoms with E-state index in [9.17, 15) is 4.79 Å². The van der Waals surface area contributed by atoms with Gasteiger partial charge in [-0.1, -0.05) is 13.8 Å². The highest BCUT2D eigenvalue weighted by Crippen LogP contribution is 2.16. The van der Waals surface area contributed by atoms with Gasteiger partial charge in [0.15, 0.2) is 5.69 Å². The van der Waals surface area contributed by atoms with Crippen LogP contribution in [0.5, 0.6) is 0 Å². The maximum Gasteiger partial charge on any atom is 0.356 e. The fraction of sp³-hybridized carbons (Fsp3) is 0.500. The third-order valence-corrected chi connectivity index (χ3v) is 2.10. The summed E-state index contributed by atoms with van der Waals surface area (Å²) in [7, 11) is 0. The number of rotatable bonds is 3. The van der Waals surface area contributed by atoms with Gasteiger partial charge in [0.05, 0.1) is 6.20 Å². The highest BCUT2D eigenvalue weighted by atomic mass is 16.4. The van der Waals surface area contributed by atoms with Crippen LogP contribution in [0, 0.1) is 0 Å². The van der Waals surface area contributed by atoms with E-state index in [1.54, 1.807) is 0 Å². The van der Waals surface area contributed by atoms with E-state index in [0.717, 1.165) is 11.1 Å². The molecular formula is C8H13N3O2. The summed E-state index contributed by atoms with van der Waals surface area (Å²) in [4.78, 5) is 14.6. The average Bonchev–Trinajstić information content (AvgIpc) is 2.46. The Morgan fingerprint density at radius 1 is 1.85 bits per heavy atom. The van der Waals surface area contributed by atoms with Crippen LogP contribution in [0.4, 0.5) is 0 Å². The molecule has 0 amide bonds. The Labute approximate surface area is 76.2 Å². The summed E-state index contributed by atoms with van der Waals surface area (Å²) in [5.41, 5.74) is 0.0234. The number of imidazole rings is 1. The molecule has 1 unspecified atom stereocenters. The SMILES string of the molecule is CCC(C)c1ncc(C(=O)O)n1N. The third kappa shape index (κ3) is 1.63. The van der Waals surface area contributed by atoms with E-state index in [1.165, 1.54) is 6.20 Å². The number of nitrogen functional groups attached to an aromatic ring is 1. The van der Waals surface area contributed by atoms with Crippen molar-refractivity contribution in [3.63, 3.8) is 0 Å². The van der Waals surface area contributed by atoms with Gasteiger partial charge in [0.25, 0.3) is 0 Å². The first-order valence-corrected chi connectivity index (χ1v) is 4.14. The minimum atomic E-state index is -1.05. The number of carboxylic acid groups (broad SMARTS) is 1. The van der Waals surface area contributed by atoms with Crippen molar-refractivity contribution in [2.45, 2.75) is 26.2 Å². The van der Waals surface area contributed by atoms with E-state index in [4.69, 9.17) is 10.9 Å². The maximum atomic E-state index is 10.6. The van der Waals surface area contributed by atoms with Gasteiger partial charge in [-0.2, -0.15) is 0 Å². The standard InChI is InChI=1S/C8H13N3O2/c1-3-5(2)7-10-4-6(8(12)13)11(7)9/h4-5H,3,9H2,1-2H3,(H,12,13). The summed E-state index contributed by atoms with van der Waals surface area (Å²) in [6.07, 6.45) is 2.16. The quantitative estimate of drug-likeness (QED) is 0.679. The summed E-state index contributed by atoms with van der Waals surface area (Å²) >= 11 is 0. The molecule has 1 heterocycles. The second kappa shape index (κ2) is 3.47. The fourth-order valence-electron chi connectivity index (χ4n) is 1.08. The zero-order valence-electron chi connectivity index (χ0n) is 7.69. The average molecular weight is 183 g/mol. The molecule has 0 aromatic carbocycles. The Morgan fingerprint density at radius 3 is 2.85 bits per heavy atom. The van der Waals surface area contributed by atoms with E-state index >= 15 is 0 Å². The lowest BCUT2D eigenvalue weighted by molar-refractivity contribution is 0.0687. The highest BCUT2D eigenvalue weighted by Gasteiger charge is 2.16. The van der Waals surface area contributed by atoms with Gasteiger partial charge in [0, 0.05) is 5.92 Å². The molecule has 1 aromatic rings. The number of carboxylic acids is 1. The van der Waals surface area contributed by atoms with Crippen molar-refractivity contribution in [1.29, 1.82) is 0 Å². The minimum Gasteiger partial charge on any atom is -0.476 e. The predicted molar refractivity (Wildman–Crippen MR) is 48.0 cm³/mol. The van der Waals surface area contributed by atoms with E-state index in [1.807, 2.05) is 13.8 Å². The molecule has 13 heavy (non-hydrogen) atoms. The van der Waals surface area contributed by atoms with Crippen LogP contribution in [-0.4, -0.2) is 20.7 Å². The van der Waals surface area contributed by atoms with Gasteiger partial charge in [-0.15, -0.1) is 0 Å². The molecule has 5 nitrogen and oxygen atoms in total. The second-order valence-corrected chi connectivity index (χ2v) is 2.99. The topological polar surface area (TPSA) is 81.1 Å². The molecule has 0 spiro atoms. The van der Waals surface area contributed by atoms with E-state index < -0.39 is 5.97 Å². The van der Waals surface area contributed by atoms with Crippen molar-refractivity contribution in [3.8, 4) is 0 Å². The number of hydrogen-bond donors (Lipinski definition) is 2. The summed E-state index contributed by atoms with van der Waals surface area (Å²) < 4.78 is 1.14. The minimum absolute atomic E-state index is 0.0234. The summed E-state index contributed by atoms with van der Waals surface area (Å²) in [6, 6.07) is 0. The molecule has 1 atom stereocenters. The summed E-state index contributed by atoms with van der Waals surface area (Å²) in [5, 5.41) is 8.69. The van der Waals surface area contributed by atoms with Crippen LogP contribution in [0.1, 0.15) is 42.5 Å². The van der Waals surface area contributed by atoms with Crippen molar-refractivity contribution >= 4 is 5.97 Å². The lowest BCUT2D eigenvalue weighted by Gasteiger charge is -2.08. The molecule has 0 saturated carbocycles. The van der Waals surface area contributed by atoms with Crippen LogP contribution in [0.2, 0.25) is 0 Å². The zero-order valence-corrected chi connectivity index (χ0v) is 7.69. The molecule has 0 fully saturated rings.